The number of fused-ring (bicyclic) bond motifs is 2. The first-order valence-corrected chi connectivity index (χ1v) is 4.75. The van der Waals surface area contributed by atoms with E-state index in [9.17, 15) is 0 Å². The lowest BCUT2D eigenvalue weighted by Gasteiger charge is -2.25. The summed E-state index contributed by atoms with van der Waals surface area (Å²) in [6, 6.07) is 0. The number of rotatable bonds is 1. The number of hydrogen-bond acceptors (Lipinski definition) is 2. The topological polar surface area (TPSA) is 26.3 Å². The second-order valence-electron chi connectivity index (χ2n) is 4.51. The van der Waals surface area contributed by atoms with Gasteiger partial charge in [0, 0.05) is 0 Å². The van der Waals surface area contributed by atoms with E-state index in [-0.39, 0.29) is 0 Å². The van der Waals surface area contributed by atoms with Crippen LogP contribution in [-0.2, 0) is 9.53 Å². The standard InChI is InChI=1S/C9H14.C2H4O2/c1-9(2)6-7-3-4-8(9)5-7;1-4-2-3/h3-4,7-8H,5-6H2,1-2H3;2H,1H3. The maximum atomic E-state index is 8.95. The molecule has 0 aromatic heterocycles. The average Bonchev–Trinajstić information content (AvgIpc) is 2.62. The van der Waals surface area contributed by atoms with E-state index in [1.807, 2.05) is 0 Å². The second-order valence-corrected chi connectivity index (χ2v) is 4.51. The van der Waals surface area contributed by atoms with Crippen LogP contribution in [0.4, 0.5) is 0 Å². The Kier molecular flexibility index (Phi) is 3.12. The second kappa shape index (κ2) is 3.95. The Labute approximate surface area is 80.0 Å². The van der Waals surface area contributed by atoms with Gasteiger partial charge in [0.15, 0.2) is 0 Å². The fraction of sp³-hybridized carbons (Fsp3) is 0.727. The molecule has 0 radical (unpaired) electrons. The van der Waals surface area contributed by atoms with Gasteiger partial charge in [0.2, 0.25) is 0 Å². The fourth-order valence-electron chi connectivity index (χ4n) is 2.33. The zero-order valence-electron chi connectivity index (χ0n) is 8.62. The minimum atomic E-state index is 0.375. The lowest BCUT2D eigenvalue weighted by molar-refractivity contribution is -0.126. The van der Waals surface area contributed by atoms with Gasteiger partial charge in [-0.2, -0.15) is 0 Å². The molecule has 0 N–H and O–H groups in total. The molecule has 13 heavy (non-hydrogen) atoms. The maximum absolute atomic E-state index is 8.95. The van der Waals surface area contributed by atoms with Crippen LogP contribution < -0.4 is 0 Å². The van der Waals surface area contributed by atoms with Gasteiger partial charge in [-0.05, 0) is 30.1 Å². The molecule has 2 rings (SSSR count). The smallest absolute Gasteiger partial charge is 0.292 e. The van der Waals surface area contributed by atoms with Gasteiger partial charge in [0.05, 0.1) is 7.11 Å². The molecule has 1 fully saturated rings. The van der Waals surface area contributed by atoms with E-state index in [0.29, 0.717) is 11.9 Å². The molecule has 2 heteroatoms. The van der Waals surface area contributed by atoms with Crippen LogP contribution in [-0.4, -0.2) is 13.6 Å². The number of methoxy groups -OCH3 is 1. The van der Waals surface area contributed by atoms with Gasteiger partial charge >= 0.3 is 0 Å². The predicted octanol–water partition coefficient (Wildman–Crippen LogP) is 2.40. The van der Waals surface area contributed by atoms with Crippen LogP contribution in [0.25, 0.3) is 0 Å². The third kappa shape index (κ3) is 2.33. The Morgan fingerprint density at radius 1 is 1.46 bits per heavy atom. The van der Waals surface area contributed by atoms with Crippen molar-refractivity contribution in [1.29, 1.82) is 0 Å². The molecule has 2 unspecified atom stereocenters. The summed E-state index contributed by atoms with van der Waals surface area (Å²) in [6.45, 7) is 5.16. The van der Waals surface area contributed by atoms with Crippen molar-refractivity contribution in [1.82, 2.24) is 0 Å². The Hall–Kier alpha value is -0.790. The molecule has 2 nitrogen and oxygen atoms in total. The Bertz CT molecular complexity index is 206. The zero-order valence-corrected chi connectivity index (χ0v) is 8.62. The van der Waals surface area contributed by atoms with E-state index in [1.54, 1.807) is 0 Å². The van der Waals surface area contributed by atoms with E-state index in [0.717, 1.165) is 11.8 Å². The van der Waals surface area contributed by atoms with E-state index in [4.69, 9.17) is 4.79 Å². The molecular formula is C11H18O2. The first kappa shape index (κ1) is 10.3. The molecule has 0 aromatic carbocycles. The molecule has 74 valence electrons. The largest absolute Gasteiger partial charge is 0.471 e. The number of allylic oxidation sites excluding steroid dienone is 2. The van der Waals surface area contributed by atoms with E-state index in [2.05, 4.69) is 30.7 Å². The summed E-state index contributed by atoms with van der Waals surface area (Å²) in [6.07, 6.45) is 7.67. The van der Waals surface area contributed by atoms with Crippen molar-refractivity contribution < 1.29 is 9.53 Å². The summed E-state index contributed by atoms with van der Waals surface area (Å²) in [5.41, 5.74) is 0.624. The van der Waals surface area contributed by atoms with E-state index >= 15 is 0 Å². The van der Waals surface area contributed by atoms with Crippen molar-refractivity contribution in [3.8, 4) is 0 Å². The van der Waals surface area contributed by atoms with Crippen molar-refractivity contribution in [2.45, 2.75) is 26.7 Å². The van der Waals surface area contributed by atoms with Gasteiger partial charge in [-0.15, -0.1) is 0 Å². The normalized spacial score (nSPS) is 32.2. The highest BCUT2D eigenvalue weighted by molar-refractivity contribution is 5.36. The summed E-state index contributed by atoms with van der Waals surface area (Å²) >= 11 is 0. The van der Waals surface area contributed by atoms with Crippen LogP contribution in [0, 0.1) is 17.3 Å². The van der Waals surface area contributed by atoms with Crippen molar-refractivity contribution >= 4 is 6.47 Å². The molecule has 2 bridgehead atoms. The summed E-state index contributed by atoms with van der Waals surface area (Å²) in [4.78, 5) is 8.95. The van der Waals surface area contributed by atoms with Gasteiger partial charge in [-0.25, -0.2) is 0 Å². The highest BCUT2D eigenvalue weighted by Crippen LogP contribution is 2.51. The monoisotopic (exact) mass is 182 g/mol. The molecule has 2 aliphatic carbocycles. The lowest BCUT2D eigenvalue weighted by atomic mass is 9.80. The number of hydrogen-bond donors (Lipinski definition) is 0. The lowest BCUT2D eigenvalue weighted by Crippen LogP contribution is -2.16. The Morgan fingerprint density at radius 3 is 2.23 bits per heavy atom. The molecule has 0 spiro atoms. The highest BCUT2D eigenvalue weighted by atomic mass is 16.5. The molecule has 0 aromatic rings. The van der Waals surface area contributed by atoms with E-state index in [1.165, 1.54) is 20.0 Å². The average molecular weight is 182 g/mol. The van der Waals surface area contributed by atoms with Crippen molar-refractivity contribution in [2.75, 3.05) is 7.11 Å². The minimum absolute atomic E-state index is 0.375. The van der Waals surface area contributed by atoms with Crippen molar-refractivity contribution in [3.05, 3.63) is 12.2 Å². The van der Waals surface area contributed by atoms with Crippen LogP contribution in [0.1, 0.15) is 26.7 Å². The minimum Gasteiger partial charge on any atom is -0.471 e. The number of carbonyl (C=O) groups is 1. The SMILES string of the molecule is CC1(C)CC2C=CC1C2.COC=O. The molecule has 0 heterocycles. The Balaban J connectivity index is 0.000000184. The summed E-state index contributed by atoms with van der Waals surface area (Å²) < 4.78 is 3.86. The van der Waals surface area contributed by atoms with Crippen LogP contribution in [0.2, 0.25) is 0 Å². The molecule has 2 atom stereocenters. The first-order chi connectivity index (χ1) is 6.10. The summed E-state index contributed by atoms with van der Waals surface area (Å²) in [5.74, 6) is 1.84. The molecule has 0 aliphatic heterocycles. The van der Waals surface area contributed by atoms with Gasteiger partial charge in [-0.3, -0.25) is 4.79 Å². The van der Waals surface area contributed by atoms with Gasteiger partial charge in [0.1, 0.15) is 0 Å². The van der Waals surface area contributed by atoms with E-state index < -0.39 is 0 Å². The predicted molar refractivity (Wildman–Crippen MR) is 52.2 cm³/mol. The Morgan fingerprint density at radius 2 is 2.08 bits per heavy atom. The molecular weight excluding hydrogens is 164 g/mol. The van der Waals surface area contributed by atoms with Crippen LogP contribution in [0.5, 0.6) is 0 Å². The molecule has 1 saturated carbocycles. The van der Waals surface area contributed by atoms with Gasteiger partial charge in [-0.1, -0.05) is 26.0 Å². The quantitative estimate of drug-likeness (QED) is 0.460. The fourth-order valence-corrected chi connectivity index (χ4v) is 2.33. The maximum Gasteiger partial charge on any atom is 0.292 e. The number of ether oxygens (including phenoxy) is 1. The van der Waals surface area contributed by atoms with Gasteiger partial charge in [0.25, 0.3) is 6.47 Å². The van der Waals surface area contributed by atoms with Crippen molar-refractivity contribution in [3.63, 3.8) is 0 Å². The van der Waals surface area contributed by atoms with Crippen LogP contribution in [0.3, 0.4) is 0 Å². The number of carbonyl (C=O) groups excluding carboxylic acids is 1. The zero-order chi connectivity index (χ0) is 9.90. The summed E-state index contributed by atoms with van der Waals surface area (Å²) in [7, 11) is 1.31. The third-order valence-corrected chi connectivity index (χ3v) is 3.06. The van der Waals surface area contributed by atoms with Crippen LogP contribution >= 0.6 is 0 Å². The highest BCUT2D eigenvalue weighted by Gasteiger charge is 2.41. The molecule has 2 aliphatic rings. The molecule has 0 saturated heterocycles. The molecule has 0 amide bonds. The first-order valence-electron chi connectivity index (χ1n) is 4.75. The third-order valence-electron chi connectivity index (χ3n) is 3.06. The van der Waals surface area contributed by atoms with Crippen LogP contribution in [0.15, 0.2) is 12.2 Å². The van der Waals surface area contributed by atoms with Crippen molar-refractivity contribution in [2.24, 2.45) is 17.3 Å². The summed E-state index contributed by atoms with van der Waals surface area (Å²) in [5, 5.41) is 0. The van der Waals surface area contributed by atoms with Gasteiger partial charge < -0.3 is 4.74 Å².